The molecule has 0 saturated carbocycles. The minimum absolute atomic E-state index is 0.184. The van der Waals surface area contributed by atoms with E-state index in [4.69, 9.17) is 5.73 Å². The highest BCUT2D eigenvalue weighted by Gasteiger charge is 2.16. The Morgan fingerprint density at radius 1 is 1.33 bits per heavy atom. The highest BCUT2D eigenvalue weighted by molar-refractivity contribution is 5.80. The molecule has 3 heteroatoms. The van der Waals surface area contributed by atoms with Crippen molar-refractivity contribution in [3.63, 3.8) is 0 Å². The zero-order valence-electron chi connectivity index (χ0n) is 8.97. The Labute approximate surface area is 88.3 Å². The Hall–Kier alpha value is -1.35. The first-order valence-electron chi connectivity index (χ1n) is 5.01. The highest BCUT2D eigenvalue weighted by Crippen LogP contribution is 2.22. The second-order valence-corrected chi connectivity index (χ2v) is 4.65. The number of hydrogen-bond acceptors (Lipinski definition) is 1. The predicted molar refractivity (Wildman–Crippen MR) is 60.2 cm³/mol. The molecule has 0 bridgehead atoms. The van der Waals surface area contributed by atoms with Crippen LogP contribution in [-0.2, 0) is 6.42 Å². The number of rotatable bonds is 2. The minimum Gasteiger partial charge on any atom is -0.359 e. The molecule has 1 aromatic heterocycles. The van der Waals surface area contributed by atoms with Crippen molar-refractivity contribution in [1.29, 1.82) is 0 Å². The van der Waals surface area contributed by atoms with Gasteiger partial charge in [0.15, 0.2) is 0 Å². The van der Waals surface area contributed by atoms with Crippen molar-refractivity contribution in [2.75, 3.05) is 0 Å². The number of H-pyrrole nitrogens is 1. The van der Waals surface area contributed by atoms with Gasteiger partial charge in [0.1, 0.15) is 5.82 Å². The number of benzene rings is 1. The molecule has 0 aliphatic carbocycles. The van der Waals surface area contributed by atoms with Crippen LogP contribution in [0, 0.1) is 5.82 Å². The maximum atomic E-state index is 13.9. The molecule has 15 heavy (non-hydrogen) atoms. The molecule has 0 saturated heterocycles. The van der Waals surface area contributed by atoms with Crippen LogP contribution in [0.4, 0.5) is 4.39 Å². The Morgan fingerprint density at radius 3 is 2.73 bits per heavy atom. The van der Waals surface area contributed by atoms with Crippen molar-refractivity contribution in [2.24, 2.45) is 5.73 Å². The van der Waals surface area contributed by atoms with Crippen LogP contribution in [0.1, 0.15) is 19.4 Å². The first-order chi connectivity index (χ1) is 6.97. The number of fused-ring (bicyclic) bond motifs is 1. The van der Waals surface area contributed by atoms with Crippen molar-refractivity contribution in [3.05, 3.63) is 35.8 Å². The lowest BCUT2D eigenvalue weighted by Crippen LogP contribution is -2.34. The second-order valence-electron chi connectivity index (χ2n) is 4.65. The molecule has 2 nitrogen and oxygen atoms in total. The van der Waals surface area contributed by atoms with Crippen LogP contribution in [0.3, 0.4) is 0 Å². The van der Waals surface area contributed by atoms with Gasteiger partial charge >= 0.3 is 0 Å². The summed E-state index contributed by atoms with van der Waals surface area (Å²) in [5.74, 6) is -0.184. The van der Waals surface area contributed by atoms with E-state index >= 15 is 0 Å². The number of hydrogen-bond donors (Lipinski definition) is 2. The topological polar surface area (TPSA) is 41.8 Å². The van der Waals surface area contributed by atoms with Crippen LogP contribution in [0.25, 0.3) is 10.9 Å². The van der Waals surface area contributed by atoms with Gasteiger partial charge in [-0.1, -0.05) is 12.1 Å². The lowest BCUT2D eigenvalue weighted by molar-refractivity contribution is 0.499. The molecule has 3 N–H and O–H groups in total. The molecule has 0 aliphatic heterocycles. The Kier molecular flexibility index (Phi) is 2.27. The third kappa shape index (κ3) is 2.02. The lowest BCUT2D eigenvalue weighted by Gasteiger charge is -2.18. The summed E-state index contributed by atoms with van der Waals surface area (Å²) in [5.41, 5.74) is 6.72. The molecule has 0 unspecified atom stereocenters. The van der Waals surface area contributed by atoms with E-state index in [1.807, 2.05) is 26.0 Å². The van der Waals surface area contributed by atoms with Gasteiger partial charge in [-0.25, -0.2) is 4.39 Å². The Balaban J connectivity index is 2.48. The van der Waals surface area contributed by atoms with Crippen molar-refractivity contribution in [2.45, 2.75) is 25.8 Å². The molecule has 0 amide bonds. The zero-order chi connectivity index (χ0) is 11.1. The van der Waals surface area contributed by atoms with Crippen molar-refractivity contribution < 1.29 is 4.39 Å². The van der Waals surface area contributed by atoms with Crippen LogP contribution in [0.2, 0.25) is 0 Å². The monoisotopic (exact) mass is 206 g/mol. The fraction of sp³-hybridized carbons (Fsp3) is 0.333. The molecular formula is C12H15FN2. The molecule has 80 valence electrons. The van der Waals surface area contributed by atoms with E-state index in [9.17, 15) is 4.39 Å². The number of aromatic amines is 1. The quantitative estimate of drug-likeness (QED) is 0.779. The van der Waals surface area contributed by atoms with E-state index < -0.39 is 0 Å². The number of halogens is 1. The van der Waals surface area contributed by atoms with E-state index in [2.05, 4.69) is 4.98 Å². The summed E-state index contributed by atoms with van der Waals surface area (Å²) in [6.45, 7) is 3.79. The predicted octanol–water partition coefficient (Wildman–Crippen LogP) is 2.59. The van der Waals surface area contributed by atoms with Crippen LogP contribution in [-0.4, -0.2) is 10.5 Å². The minimum atomic E-state index is -0.388. The zero-order valence-corrected chi connectivity index (χ0v) is 8.97. The van der Waals surface area contributed by atoms with E-state index in [0.717, 1.165) is 5.39 Å². The maximum absolute atomic E-state index is 13.9. The average molecular weight is 206 g/mol. The molecule has 0 fully saturated rings. The van der Waals surface area contributed by atoms with Gasteiger partial charge in [-0.05, 0) is 31.9 Å². The van der Waals surface area contributed by atoms with Crippen molar-refractivity contribution in [3.8, 4) is 0 Å². The fourth-order valence-electron chi connectivity index (χ4n) is 1.76. The number of nitrogens with one attached hydrogen (secondary N) is 1. The normalized spacial score (nSPS) is 12.3. The number of aromatic nitrogens is 1. The van der Waals surface area contributed by atoms with Crippen LogP contribution >= 0.6 is 0 Å². The molecule has 1 aromatic carbocycles. The standard InChI is InChI=1S/C12H15FN2/c1-12(2,14)7-9-4-3-8-5-6-15-11(8)10(9)13/h3-6,15H,7,14H2,1-2H3. The number of nitrogens with two attached hydrogens (primary N) is 1. The summed E-state index contributed by atoms with van der Waals surface area (Å²) in [6.07, 6.45) is 2.28. The summed E-state index contributed by atoms with van der Waals surface area (Å²) < 4.78 is 13.9. The molecule has 0 aliphatic rings. The SMILES string of the molecule is CC(C)(N)Cc1ccc2cc[nH]c2c1F. The first kappa shape index (κ1) is 10.2. The van der Waals surface area contributed by atoms with Crippen LogP contribution < -0.4 is 5.73 Å². The van der Waals surface area contributed by atoms with E-state index in [-0.39, 0.29) is 11.4 Å². The fourth-order valence-corrected chi connectivity index (χ4v) is 1.76. The van der Waals surface area contributed by atoms with Gasteiger partial charge in [-0.3, -0.25) is 0 Å². The smallest absolute Gasteiger partial charge is 0.150 e. The maximum Gasteiger partial charge on any atom is 0.150 e. The third-order valence-corrected chi connectivity index (χ3v) is 2.39. The average Bonchev–Trinajstić information content (AvgIpc) is 2.56. The summed E-state index contributed by atoms with van der Waals surface area (Å²) in [4.78, 5) is 2.90. The van der Waals surface area contributed by atoms with Crippen molar-refractivity contribution >= 4 is 10.9 Å². The van der Waals surface area contributed by atoms with E-state index in [1.54, 1.807) is 12.3 Å². The van der Waals surface area contributed by atoms with Gasteiger partial charge in [0.05, 0.1) is 5.52 Å². The van der Waals surface area contributed by atoms with Crippen LogP contribution in [0.5, 0.6) is 0 Å². The summed E-state index contributed by atoms with van der Waals surface area (Å²) in [7, 11) is 0. The van der Waals surface area contributed by atoms with Crippen LogP contribution in [0.15, 0.2) is 24.4 Å². The van der Waals surface area contributed by atoms with Crippen molar-refractivity contribution in [1.82, 2.24) is 4.98 Å². The Bertz CT molecular complexity index is 480. The highest BCUT2D eigenvalue weighted by atomic mass is 19.1. The van der Waals surface area contributed by atoms with Gasteiger partial charge in [0.2, 0.25) is 0 Å². The van der Waals surface area contributed by atoms with Gasteiger partial charge in [0.25, 0.3) is 0 Å². The van der Waals surface area contributed by atoms with Gasteiger partial charge < -0.3 is 10.7 Å². The molecule has 1 heterocycles. The van der Waals surface area contributed by atoms with E-state index in [0.29, 0.717) is 17.5 Å². The van der Waals surface area contributed by atoms with Gasteiger partial charge in [-0.15, -0.1) is 0 Å². The first-order valence-corrected chi connectivity index (χ1v) is 5.01. The largest absolute Gasteiger partial charge is 0.359 e. The molecule has 0 radical (unpaired) electrons. The summed E-state index contributed by atoms with van der Waals surface area (Å²) in [6, 6.07) is 5.58. The van der Waals surface area contributed by atoms with E-state index in [1.165, 1.54) is 0 Å². The van der Waals surface area contributed by atoms with Gasteiger partial charge in [0, 0.05) is 17.1 Å². The van der Waals surface area contributed by atoms with Gasteiger partial charge in [-0.2, -0.15) is 0 Å². The molecule has 0 spiro atoms. The summed E-state index contributed by atoms with van der Waals surface area (Å²) >= 11 is 0. The molecular weight excluding hydrogens is 191 g/mol. The molecule has 2 aromatic rings. The lowest BCUT2D eigenvalue weighted by atomic mass is 9.95. The Morgan fingerprint density at radius 2 is 2.07 bits per heavy atom. The third-order valence-electron chi connectivity index (χ3n) is 2.39. The summed E-state index contributed by atoms with van der Waals surface area (Å²) in [5, 5.41) is 0.895. The second kappa shape index (κ2) is 3.35. The molecule has 2 rings (SSSR count). The molecule has 0 atom stereocenters.